The van der Waals surface area contributed by atoms with Crippen LogP contribution in [0.5, 0.6) is 11.5 Å². The molecule has 4 aromatic rings. The van der Waals surface area contributed by atoms with Crippen molar-refractivity contribution in [2.45, 2.75) is 57.1 Å². The lowest BCUT2D eigenvalue weighted by molar-refractivity contribution is -0.140. The maximum absolute atomic E-state index is 14.7. The zero-order valence-corrected chi connectivity index (χ0v) is 28.6. The zero-order valence-electron chi connectivity index (χ0n) is 27.8. The average Bonchev–Trinajstić information content (AvgIpc) is 3.05. The molecule has 1 unspecified atom stereocenters. The SMILES string of the molecule is COc1cccc(CN(C(=O)CN(c2cc(C)ccc2OC)S(=O)(=O)c2ccccc2)C(Cc2ccccc2)C(=O)NC(C)(C)C)c1. The van der Waals surface area contributed by atoms with Crippen LogP contribution in [-0.2, 0) is 32.6 Å². The predicted molar refractivity (Wildman–Crippen MR) is 184 cm³/mol. The van der Waals surface area contributed by atoms with Crippen molar-refractivity contribution in [2.24, 2.45) is 0 Å². The summed E-state index contributed by atoms with van der Waals surface area (Å²) in [5.41, 5.74) is 1.96. The third kappa shape index (κ3) is 9.13. The van der Waals surface area contributed by atoms with Crippen LogP contribution in [0.4, 0.5) is 5.69 Å². The predicted octanol–water partition coefficient (Wildman–Crippen LogP) is 5.76. The van der Waals surface area contributed by atoms with E-state index in [1.165, 1.54) is 24.1 Å². The summed E-state index contributed by atoms with van der Waals surface area (Å²) in [6.45, 7) is 6.88. The van der Waals surface area contributed by atoms with Gasteiger partial charge in [0.25, 0.3) is 10.0 Å². The second kappa shape index (κ2) is 15.2. The number of benzene rings is 4. The standard InChI is InChI=1S/C37H43N3O6S/c1-27-20-21-34(46-6)32(22-27)40(47(43,44)31-18-11-8-12-19-31)26-35(41)39(25-29-16-13-17-30(23-29)45-5)33(36(42)38-37(2,3)4)24-28-14-9-7-10-15-28/h7-23,33H,24-26H2,1-6H3,(H,38,42). The Morgan fingerprint density at radius 1 is 0.809 bits per heavy atom. The molecule has 0 aliphatic rings. The summed E-state index contributed by atoms with van der Waals surface area (Å²) in [5, 5.41) is 3.04. The number of ether oxygens (including phenoxy) is 2. The molecular formula is C37H43N3O6S. The fourth-order valence-electron chi connectivity index (χ4n) is 5.20. The number of anilines is 1. The molecule has 10 heteroatoms. The Balaban J connectivity index is 1.87. The normalized spacial score (nSPS) is 12.1. The van der Waals surface area contributed by atoms with Gasteiger partial charge in [-0.15, -0.1) is 0 Å². The van der Waals surface area contributed by atoms with Crippen LogP contribution in [-0.4, -0.2) is 57.5 Å². The van der Waals surface area contributed by atoms with E-state index in [0.717, 1.165) is 15.4 Å². The topological polar surface area (TPSA) is 105 Å². The molecule has 0 aromatic heterocycles. The highest BCUT2D eigenvalue weighted by Gasteiger charge is 2.36. The summed E-state index contributed by atoms with van der Waals surface area (Å²) in [4.78, 5) is 30.3. The van der Waals surface area contributed by atoms with E-state index in [-0.39, 0.29) is 35.2 Å². The van der Waals surface area contributed by atoms with E-state index < -0.39 is 34.1 Å². The Labute approximate surface area is 278 Å². The molecule has 0 radical (unpaired) electrons. The van der Waals surface area contributed by atoms with E-state index in [0.29, 0.717) is 11.3 Å². The first kappa shape index (κ1) is 35.0. The number of nitrogens with zero attached hydrogens (tertiary/aromatic N) is 2. The maximum atomic E-state index is 14.7. The van der Waals surface area contributed by atoms with Crippen molar-refractivity contribution < 1.29 is 27.5 Å². The van der Waals surface area contributed by atoms with E-state index >= 15 is 0 Å². The summed E-state index contributed by atoms with van der Waals surface area (Å²) < 4.78 is 40.7. The van der Waals surface area contributed by atoms with Crippen LogP contribution in [0.3, 0.4) is 0 Å². The van der Waals surface area contributed by atoms with Crippen molar-refractivity contribution in [1.29, 1.82) is 0 Å². The molecule has 0 saturated carbocycles. The fraction of sp³-hybridized carbons (Fsp3) is 0.297. The molecule has 2 amide bonds. The van der Waals surface area contributed by atoms with Gasteiger partial charge in [-0.25, -0.2) is 8.42 Å². The van der Waals surface area contributed by atoms with Crippen molar-refractivity contribution in [3.63, 3.8) is 0 Å². The average molecular weight is 658 g/mol. The number of carbonyl (C=O) groups is 2. The number of sulfonamides is 1. The number of aryl methyl sites for hydroxylation is 1. The van der Waals surface area contributed by atoms with Crippen LogP contribution in [0.25, 0.3) is 0 Å². The van der Waals surface area contributed by atoms with Crippen LogP contribution in [0.2, 0.25) is 0 Å². The van der Waals surface area contributed by atoms with E-state index in [1.807, 2.05) is 70.2 Å². The van der Waals surface area contributed by atoms with E-state index in [9.17, 15) is 18.0 Å². The molecule has 1 atom stereocenters. The molecule has 0 aliphatic carbocycles. The van der Waals surface area contributed by atoms with Gasteiger partial charge in [-0.1, -0.05) is 66.7 Å². The number of amides is 2. The van der Waals surface area contributed by atoms with Crippen molar-refractivity contribution in [3.05, 3.63) is 120 Å². The van der Waals surface area contributed by atoms with Gasteiger partial charge in [0.2, 0.25) is 11.8 Å². The summed E-state index contributed by atoms with van der Waals surface area (Å²) in [7, 11) is -1.26. The van der Waals surface area contributed by atoms with Crippen molar-refractivity contribution in [2.75, 3.05) is 25.1 Å². The Bertz CT molecular complexity index is 1770. The molecule has 0 fully saturated rings. The molecule has 0 spiro atoms. The van der Waals surface area contributed by atoms with Gasteiger partial charge in [-0.3, -0.25) is 13.9 Å². The Morgan fingerprint density at radius 2 is 1.45 bits per heavy atom. The first-order valence-electron chi connectivity index (χ1n) is 15.3. The Hall–Kier alpha value is -4.83. The van der Waals surface area contributed by atoms with Gasteiger partial charge in [0, 0.05) is 18.5 Å². The minimum atomic E-state index is -4.26. The molecule has 0 saturated heterocycles. The van der Waals surface area contributed by atoms with Gasteiger partial charge >= 0.3 is 0 Å². The van der Waals surface area contributed by atoms with Crippen molar-refractivity contribution >= 4 is 27.5 Å². The molecule has 9 nitrogen and oxygen atoms in total. The number of rotatable bonds is 13. The lowest BCUT2D eigenvalue weighted by Crippen LogP contribution is -2.56. The summed E-state index contributed by atoms with van der Waals surface area (Å²) in [5.74, 6) is -0.0518. The van der Waals surface area contributed by atoms with Crippen LogP contribution in [0.15, 0.2) is 108 Å². The highest BCUT2D eigenvalue weighted by atomic mass is 32.2. The van der Waals surface area contributed by atoms with Gasteiger partial charge in [0.15, 0.2) is 0 Å². The molecule has 0 bridgehead atoms. The van der Waals surface area contributed by atoms with Crippen LogP contribution in [0, 0.1) is 6.92 Å². The lowest BCUT2D eigenvalue weighted by atomic mass is 10.0. The first-order chi connectivity index (χ1) is 22.3. The quantitative estimate of drug-likeness (QED) is 0.196. The molecule has 248 valence electrons. The zero-order chi connectivity index (χ0) is 34.2. The van der Waals surface area contributed by atoms with Crippen LogP contribution < -0.4 is 19.1 Å². The largest absolute Gasteiger partial charge is 0.497 e. The molecular weight excluding hydrogens is 614 g/mol. The van der Waals surface area contributed by atoms with E-state index in [1.54, 1.807) is 55.6 Å². The lowest BCUT2D eigenvalue weighted by Gasteiger charge is -2.35. The number of hydrogen-bond acceptors (Lipinski definition) is 6. The fourth-order valence-corrected chi connectivity index (χ4v) is 6.64. The number of methoxy groups -OCH3 is 2. The Morgan fingerprint density at radius 3 is 2.06 bits per heavy atom. The van der Waals surface area contributed by atoms with Crippen molar-refractivity contribution in [1.82, 2.24) is 10.2 Å². The molecule has 0 aliphatic heterocycles. The molecule has 4 aromatic carbocycles. The van der Waals surface area contributed by atoms with Crippen molar-refractivity contribution in [3.8, 4) is 11.5 Å². The van der Waals surface area contributed by atoms with Crippen LogP contribution in [0.1, 0.15) is 37.5 Å². The monoisotopic (exact) mass is 657 g/mol. The van der Waals surface area contributed by atoms with Gasteiger partial charge in [0.05, 0.1) is 24.8 Å². The molecule has 1 N–H and O–H groups in total. The van der Waals surface area contributed by atoms with E-state index in [4.69, 9.17) is 9.47 Å². The van der Waals surface area contributed by atoms with E-state index in [2.05, 4.69) is 5.32 Å². The third-order valence-corrected chi connectivity index (χ3v) is 9.24. The van der Waals surface area contributed by atoms with Gasteiger partial charge in [-0.05, 0) is 80.8 Å². The van der Waals surface area contributed by atoms with Gasteiger partial charge in [0.1, 0.15) is 24.1 Å². The summed E-state index contributed by atoms with van der Waals surface area (Å²) in [6, 6.07) is 28.8. The van der Waals surface area contributed by atoms with Gasteiger partial charge < -0.3 is 19.7 Å². The summed E-state index contributed by atoms with van der Waals surface area (Å²) >= 11 is 0. The minimum absolute atomic E-state index is 0.0158. The molecule has 4 rings (SSSR count). The number of carbonyl (C=O) groups excluding carboxylic acids is 2. The Kier molecular flexibility index (Phi) is 11.3. The number of nitrogens with one attached hydrogen (secondary N) is 1. The van der Waals surface area contributed by atoms with Crippen LogP contribution >= 0.6 is 0 Å². The molecule has 0 heterocycles. The highest BCUT2D eigenvalue weighted by Crippen LogP contribution is 2.34. The maximum Gasteiger partial charge on any atom is 0.264 e. The third-order valence-electron chi connectivity index (χ3n) is 7.47. The smallest absolute Gasteiger partial charge is 0.264 e. The first-order valence-corrected chi connectivity index (χ1v) is 16.8. The molecule has 47 heavy (non-hydrogen) atoms. The second-order valence-electron chi connectivity index (χ2n) is 12.3. The second-order valence-corrected chi connectivity index (χ2v) is 14.2. The highest BCUT2D eigenvalue weighted by molar-refractivity contribution is 7.92. The summed E-state index contributed by atoms with van der Waals surface area (Å²) in [6.07, 6.45) is 0.206. The van der Waals surface area contributed by atoms with Gasteiger partial charge in [-0.2, -0.15) is 0 Å². The number of hydrogen-bond donors (Lipinski definition) is 1. The minimum Gasteiger partial charge on any atom is -0.497 e.